The second-order valence-corrected chi connectivity index (χ2v) is 3.63. The number of thiophene rings is 1. The highest BCUT2D eigenvalue weighted by Crippen LogP contribution is 2.16. The zero-order chi connectivity index (χ0) is 8.97. The van der Waals surface area contributed by atoms with Gasteiger partial charge in [-0.1, -0.05) is 0 Å². The van der Waals surface area contributed by atoms with Crippen molar-refractivity contribution in [2.45, 2.75) is 13.3 Å². The van der Waals surface area contributed by atoms with Crippen LogP contribution in [0.5, 0.6) is 0 Å². The van der Waals surface area contributed by atoms with Crippen LogP contribution in [0.1, 0.15) is 21.7 Å². The number of hydrogen-bond acceptors (Lipinski definition) is 3. The molecule has 1 aromatic heterocycles. The fraction of sp³-hybridized carbons (Fsp3) is 0.444. The molecule has 12 heavy (non-hydrogen) atoms. The summed E-state index contributed by atoms with van der Waals surface area (Å²) in [5, 5.41) is 4.92. The van der Waals surface area contributed by atoms with Gasteiger partial charge >= 0.3 is 0 Å². The molecular formula is C9H13NOS. The first-order chi connectivity index (χ1) is 5.75. The van der Waals surface area contributed by atoms with Gasteiger partial charge in [0.1, 0.15) is 0 Å². The largest absolute Gasteiger partial charge is 0.319 e. The normalized spacial score (nSPS) is 10.2. The van der Waals surface area contributed by atoms with E-state index < -0.39 is 0 Å². The van der Waals surface area contributed by atoms with E-state index in [9.17, 15) is 4.79 Å². The molecular weight excluding hydrogens is 170 g/mol. The first-order valence-corrected chi connectivity index (χ1v) is 4.85. The third-order valence-corrected chi connectivity index (χ3v) is 2.77. The molecule has 1 N–H and O–H groups in total. The smallest absolute Gasteiger partial charge is 0.174 e. The van der Waals surface area contributed by atoms with Gasteiger partial charge in [-0.25, -0.2) is 0 Å². The highest BCUT2D eigenvalue weighted by atomic mass is 32.1. The van der Waals surface area contributed by atoms with Crippen molar-refractivity contribution >= 4 is 17.1 Å². The van der Waals surface area contributed by atoms with E-state index in [0.717, 1.165) is 17.0 Å². The molecule has 1 heterocycles. The van der Waals surface area contributed by atoms with E-state index >= 15 is 0 Å². The van der Waals surface area contributed by atoms with Gasteiger partial charge in [-0.3, -0.25) is 4.79 Å². The van der Waals surface area contributed by atoms with E-state index in [-0.39, 0.29) is 5.78 Å². The van der Waals surface area contributed by atoms with Crippen molar-refractivity contribution in [1.29, 1.82) is 0 Å². The van der Waals surface area contributed by atoms with E-state index in [2.05, 4.69) is 5.32 Å². The Labute approximate surface area is 76.6 Å². The lowest BCUT2D eigenvalue weighted by Crippen LogP contribution is -2.12. The van der Waals surface area contributed by atoms with E-state index in [1.165, 1.54) is 11.3 Å². The molecule has 0 aromatic carbocycles. The van der Waals surface area contributed by atoms with Crippen LogP contribution in [0.15, 0.2) is 11.4 Å². The van der Waals surface area contributed by atoms with E-state index in [0.29, 0.717) is 6.42 Å². The Morgan fingerprint density at radius 1 is 1.67 bits per heavy atom. The van der Waals surface area contributed by atoms with Crippen molar-refractivity contribution in [3.8, 4) is 0 Å². The van der Waals surface area contributed by atoms with Crippen LogP contribution in [-0.2, 0) is 0 Å². The van der Waals surface area contributed by atoms with Crippen molar-refractivity contribution in [2.75, 3.05) is 13.6 Å². The number of carbonyl (C=O) groups excluding carboxylic acids is 1. The van der Waals surface area contributed by atoms with Gasteiger partial charge in [-0.15, -0.1) is 11.3 Å². The summed E-state index contributed by atoms with van der Waals surface area (Å²) in [6.45, 7) is 2.74. The highest BCUT2D eigenvalue weighted by molar-refractivity contribution is 7.12. The molecule has 0 fully saturated rings. The third-order valence-electron chi connectivity index (χ3n) is 1.72. The van der Waals surface area contributed by atoms with Crippen LogP contribution in [0.4, 0.5) is 0 Å². The average molecular weight is 183 g/mol. The summed E-state index contributed by atoms with van der Waals surface area (Å²) < 4.78 is 0. The van der Waals surface area contributed by atoms with Crippen LogP contribution in [0.25, 0.3) is 0 Å². The second kappa shape index (κ2) is 4.38. The topological polar surface area (TPSA) is 29.1 Å². The predicted molar refractivity (Wildman–Crippen MR) is 51.9 cm³/mol. The Morgan fingerprint density at radius 2 is 2.42 bits per heavy atom. The van der Waals surface area contributed by atoms with Gasteiger partial charge in [-0.05, 0) is 31.0 Å². The van der Waals surface area contributed by atoms with Crippen molar-refractivity contribution in [1.82, 2.24) is 5.32 Å². The number of nitrogens with one attached hydrogen (secondary N) is 1. The molecule has 1 rings (SSSR count). The molecule has 0 atom stereocenters. The summed E-state index contributed by atoms with van der Waals surface area (Å²) in [5.41, 5.74) is 1.10. The minimum absolute atomic E-state index is 0.247. The molecule has 0 aliphatic carbocycles. The average Bonchev–Trinajstić information content (AvgIpc) is 2.47. The lowest BCUT2D eigenvalue weighted by molar-refractivity contribution is 0.0986. The fourth-order valence-electron chi connectivity index (χ4n) is 1.01. The molecule has 0 spiro atoms. The van der Waals surface area contributed by atoms with Crippen molar-refractivity contribution in [2.24, 2.45) is 0 Å². The number of rotatable bonds is 4. The summed E-state index contributed by atoms with van der Waals surface area (Å²) >= 11 is 1.53. The highest BCUT2D eigenvalue weighted by Gasteiger charge is 2.08. The van der Waals surface area contributed by atoms with Crippen LogP contribution < -0.4 is 5.32 Å². The molecule has 3 heteroatoms. The minimum Gasteiger partial charge on any atom is -0.319 e. The van der Waals surface area contributed by atoms with Crippen LogP contribution in [0.3, 0.4) is 0 Å². The van der Waals surface area contributed by atoms with Gasteiger partial charge in [0.05, 0.1) is 4.88 Å². The van der Waals surface area contributed by atoms with Crippen LogP contribution in [0, 0.1) is 6.92 Å². The molecule has 0 aliphatic rings. The summed E-state index contributed by atoms with van der Waals surface area (Å²) in [5.74, 6) is 0.247. The SMILES string of the molecule is CNCCC(=O)c1sccc1C. The molecule has 1 aromatic rings. The van der Waals surface area contributed by atoms with Crippen LogP contribution in [-0.4, -0.2) is 19.4 Å². The summed E-state index contributed by atoms with van der Waals surface area (Å²) in [4.78, 5) is 12.4. The number of Topliss-reactive ketones (excluding diaryl/α,β-unsaturated/α-hetero) is 1. The number of aryl methyl sites for hydroxylation is 1. The number of carbonyl (C=O) groups is 1. The van der Waals surface area contributed by atoms with Gasteiger partial charge in [0.15, 0.2) is 5.78 Å². The monoisotopic (exact) mass is 183 g/mol. The predicted octanol–water partition coefficient (Wildman–Crippen LogP) is 1.85. The first kappa shape index (κ1) is 9.42. The zero-order valence-electron chi connectivity index (χ0n) is 7.39. The molecule has 0 bridgehead atoms. The standard InChI is InChI=1S/C9H13NOS/c1-7-4-6-12-9(7)8(11)3-5-10-2/h4,6,10H,3,5H2,1-2H3. The van der Waals surface area contributed by atoms with Gasteiger partial charge < -0.3 is 5.32 Å². The summed E-state index contributed by atoms with van der Waals surface area (Å²) in [6, 6.07) is 1.98. The first-order valence-electron chi connectivity index (χ1n) is 3.97. The maximum absolute atomic E-state index is 11.5. The lowest BCUT2D eigenvalue weighted by Gasteiger charge is -1.98. The maximum Gasteiger partial charge on any atom is 0.174 e. The molecule has 0 saturated carbocycles. The number of hydrogen-bond donors (Lipinski definition) is 1. The Kier molecular flexibility index (Phi) is 3.44. The maximum atomic E-state index is 11.5. The van der Waals surface area contributed by atoms with Crippen LogP contribution in [0.2, 0.25) is 0 Å². The molecule has 66 valence electrons. The summed E-state index contributed by atoms with van der Waals surface area (Å²) in [7, 11) is 1.86. The zero-order valence-corrected chi connectivity index (χ0v) is 8.20. The van der Waals surface area contributed by atoms with E-state index in [4.69, 9.17) is 0 Å². The Hall–Kier alpha value is -0.670. The van der Waals surface area contributed by atoms with Gasteiger partial charge in [-0.2, -0.15) is 0 Å². The van der Waals surface area contributed by atoms with Gasteiger partial charge in [0.25, 0.3) is 0 Å². The number of ketones is 1. The molecule has 0 aliphatic heterocycles. The van der Waals surface area contributed by atoms with Gasteiger partial charge in [0, 0.05) is 13.0 Å². The molecule has 0 saturated heterocycles. The van der Waals surface area contributed by atoms with Crippen molar-refractivity contribution in [3.63, 3.8) is 0 Å². The lowest BCUT2D eigenvalue weighted by atomic mass is 10.2. The van der Waals surface area contributed by atoms with Crippen molar-refractivity contribution < 1.29 is 4.79 Å². The molecule has 2 nitrogen and oxygen atoms in total. The van der Waals surface area contributed by atoms with Crippen LogP contribution >= 0.6 is 11.3 Å². The molecule has 0 amide bonds. The van der Waals surface area contributed by atoms with E-state index in [1.807, 2.05) is 25.4 Å². The molecule has 0 unspecified atom stereocenters. The molecule has 0 radical (unpaired) electrons. The fourth-order valence-corrected chi connectivity index (χ4v) is 1.91. The second-order valence-electron chi connectivity index (χ2n) is 2.71. The Morgan fingerprint density at radius 3 is 2.92 bits per heavy atom. The third kappa shape index (κ3) is 2.16. The Balaban J connectivity index is 2.59. The van der Waals surface area contributed by atoms with Crippen molar-refractivity contribution in [3.05, 3.63) is 21.9 Å². The minimum atomic E-state index is 0.247. The van der Waals surface area contributed by atoms with Gasteiger partial charge in [0.2, 0.25) is 0 Å². The summed E-state index contributed by atoms with van der Waals surface area (Å²) in [6.07, 6.45) is 0.595. The van der Waals surface area contributed by atoms with E-state index in [1.54, 1.807) is 0 Å². The Bertz CT molecular complexity index is 267. The quantitative estimate of drug-likeness (QED) is 0.722.